The number of rotatable bonds is 6. The van der Waals surface area contributed by atoms with Gasteiger partial charge in [-0.25, -0.2) is 4.98 Å². The summed E-state index contributed by atoms with van der Waals surface area (Å²) in [5.74, 6) is -0.505. The Morgan fingerprint density at radius 3 is 2.42 bits per heavy atom. The lowest BCUT2D eigenvalue weighted by Gasteiger charge is -2.31. The number of pyridine rings is 1. The van der Waals surface area contributed by atoms with E-state index in [1.165, 1.54) is 0 Å². The maximum Gasteiger partial charge on any atom is 0.274 e. The Morgan fingerprint density at radius 1 is 1.16 bits per heavy atom. The number of carbonyl (C=O) groups excluding carboxylic acids is 2. The number of aromatic nitrogens is 1. The molecule has 1 saturated heterocycles. The largest absolute Gasteiger partial charge is 0.391 e. The number of nitrogens with zero attached hydrogens (tertiary/aromatic N) is 4. The number of hydrogen-bond donors (Lipinski definition) is 3. The second-order valence-electron chi connectivity index (χ2n) is 11.1. The van der Waals surface area contributed by atoms with E-state index in [0.717, 1.165) is 11.3 Å². The fraction of sp³-hybridized carbons (Fsp3) is 0.500. The summed E-state index contributed by atoms with van der Waals surface area (Å²) in [7, 11) is 0. The molecule has 1 aromatic carbocycles. The lowest BCUT2D eigenvalue weighted by atomic mass is 10.1. The number of anilines is 2. The van der Waals surface area contributed by atoms with Crippen LogP contribution in [0.2, 0.25) is 0 Å². The molecule has 0 radical (unpaired) electrons. The smallest absolute Gasteiger partial charge is 0.274 e. The first-order chi connectivity index (χ1) is 17.7. The van der Waals surface area contributed by atoms with Gasteiger partial charge in [0, 0.05) is 31.7 Å². The van der Waals surface area contributed by atoms with Gasteiger partial charge in [-0.15, -0.1) is 0 Å². The number of hydrogen-bond acceptors (Lipinski definition) is 8. The molecule has 2 amide bonds. The summed E-state index contributed by atoms with van der Waals surface area (Å²) in [4.78, 5) is 33.9. The average molecular weight is 524 g/mol. The van der Waals surface area contributed by atoms with Crippen molar-refractivity contribution in [2.75, 3.05) is 43.1 Å². The van der Waals surface area contributed by atoms with Gasteiger partial charge in [-0.3, -0.25) is 9.59 Å². The van der Waals surface area contributed by atoms with E-state index in [9.17, 15) is 14.7 Å². The third-order valence-corrected chi connectivity index (χ3v) is 5.79. The molecule has 0 saturated carbocycles. The molecule has 3 heterocycles. The summed E-state index contributed by atoms with van der Waals surface area (Å²) in [6, 6.07) is 10.3. The molecule has 0 spiro atoms. The van der Waals surface area contributed by atoms with Gasteiger partial charge >= 0.3 is 0 Å². The SMILES string of the molecule is CC(C)(C)O.CC(C)(O)CCN1Cc2cc(NC(=O)c3cccc(C#N)n3)c(N3CCOCC3)cc2C1=O. The molecular weight excluding hydrogens is 486 g/mol. The highest BCUT2D eigenvalue weighted by atomic mass is 16.5. The Morgan fingerprint density at radius 2 is 1.82 bits per heavy atom. The molecule has 0 atom stereocenters. The van der Waals surface area contributed by atoms with E-state index in [1.807, 2.05) is 18.2 Å². The van der Waals surface area contributed by atoms with Crippen molar-refractivity contribution in [1.82, 2.24) is 9.88 Å². The van der Waals surface area contributed by atoms with Gasteiger partial charge < -0.3 is 30.1 Å². The van der Waals surface area contributed by atoms with Crippen LogP contribution in [0.4, 0.5) is 11.4 Å². The van der Waals surface area contributed by atoms with Crippen molar-refractivity contribution in [2.24, 2.45) is 0 Å². The van der Waals surface area contributed by atoms with Crippen LogP contribution in [0.1, 0.15) is 73.1 Å². The van der Waals surface area contributed by atoms with Crippen molar-refractivity contribution in [2.45, 2.75) is 58.8 Å². The molecule has 1 aromatic heterocycles. The number of aliphatic hydroxyl groups is 2. The average Bonchev–Trinajstić information content (AvgIpc) is 3.15. The lowest BCUT2D eigenvalue weighted by Crippen LogP contribution is -2.37. The van der Waals surface area contributed by atoms with Crippen molar-refractivity contribution in [1.29, 1.82) is 5.26 Å². The van der Waals surface area contributed by atoms with E-state index in [0.29, 0.717) is 57.1 Å². The van der Waals surface area contributed by atoms with Crippen molar-refractivity contribution < 1.29 is 24.5 Å². The van der Waals surface area contributed by atoms with Gasteiger partial charge in [0.2, 0.25) is 0 Å². The summed E-state index contributed by atoms with van der Waals surface area (Å²) in [5.41, 5.74) is 1.71. The minimum atomic E-state index is -0.863. The minimum Gasteiger partial charge on any atom is -0.391 e. The monoisotopic (exact) mass is 523 g/mol. The first kappa shape index (κ1) is 29.0. The van der Waals surface area contributed by atoms with E-state index in [2.05, 4.69) is 15.2 Å². The molecule has 2 aliphatic heterocycles. The number of ether oxygens (including phenoxy) is 1. The van der Waals surface area contributed by atoms with Crippen LogP contribution in [0.3, 0.4) is 0 Å². The topological polar surface area (TPSA) is 139 Å². The van der Waals surface area contributed by atoms with Gasteiger partial charge in [0.05, 0.1) is 35.8 Å². The second kappa shape index (κ2) is 11.9. The molecule has 38 heavy (non-hydrogen) atoms. The molecule has 2 aliphatic rings. The second-order valence-corrected chi connectivity index (χ2v) is 11.1. The highest BCUT2D eigenvalue weighted by Gasteiger charge is 2.31. The van der Waals surface area contributed by atoms with Crippen LogP contribution >= 0.6 is 0 Å². The molecular formula is C28H37N5O5. The number of morpholine rings is 1. The summed E-state index contributed by atoms with van der Waals surface area (Å²) in [6.07, 6.45) is 0.466. The molecule has 4 rings (SSSR count). The molecule has 1 fully saturated rings. The molecule has 10 heteroatoms. The highest BCUT2D eigenvalue weighted by molar-refractivity contribution is 6.07. The van der Waals surface area contributed by atoms with Crippen LogP contribution in [0.5, 0.6) is 0 Å². The molecule has 204 valence electrons. The number of nitrogens with one attached hydrogen (secondary N) is 1. The van der Waals surface area contributed by atoms with Crippen molar-refractivity contribution in [3.63, 3.8) is 0 Å². The van der Waals surface area contributed by atoms with Gasteiger partial charge in [-0.2, -0.15) is 5.26 Å². The Bertz CT molecular complexity index is 1200. The third-order valence-electron chi connectivity index (χ3n) is 5.79. The van der Waals surface area contributed by atoms with Crippen LogP contribution < -0.4 is 10.2 Å². The highest BCUT2D eigenvalue weighted by Crippen LogP contribution is 2.35. The number of amides is 2. The standard InChI is InChI=1S/C24H27N5O4.C4H10O/c1-24(2,32)6-7-29-15-16-12-20(27-22(30)19-5-3-4-17(14-25)26-19)21(13-18(16)23(29)31)28-8-10-33-11-9-28;1-4(2,3)5/h3-5,12-13,32H,6-11,15H2,1-2H3,(H,27,30);5H,1-3H3. The number of benzene rings is 1. The summed E-state index contributed by atoms with van der Waals surface area (Å²) < 4.78 is 5.46. The van der Waals surface area contributed by atoms with E-state index in [-0.39, 0.29) is 17.3 Å². The Labute approximate surface area is 223 Å². The third kappa shape index (κ3) is 8.25. The summed E-state index contributed by atoms with van der Waals surface area (Å²) in [6.45, 7) is 11.9. The van der Waals surface area contributed by atoms with Gasteiger partial charge in [0.1, 0.15) is 17.5 Å². The maximum atomic E-state index is 13.0. The number of carbonyl (C=O) groups is 2. The Kier molecular flexibility index (Phi) is 9.09. The quantitative estimate of drug-likeness (QED) is 0.525. The van der Waals surface area contributed by atoms with Crippen molar-refractivity contribution in [3.8, 4) is 6.07 Å². The van der Waals surface area contributed by atoms with Crippen molar-refractivity contribution in [3.05, 3.63) is 52.8 Å². The number of fused-ring (bicyclic) bond motifs is 1. The lowest BCUT2D eigenvalue weighted by molar-refractivity contribution is 0.0516. The molecule has 10 nitrogen and oxygen atoms in total. The summed E-state index contributed by atoms with van der Waals surface area (Å²) >= 11 is 0. The zero-order valence-corrected chi connectivity index (χ0v) is 22.7. The van der Waals surface area contributed by atoms with E-state index in [1.54, 1.807) is 57.7 Å². The van der Waals surface area contributed by atoms with Crippen LogP contribution in [0, 0.1) is 11.3 Å². The summed E-state index contributed by atoms with van der Waals surface area (Å²) in [5, 5.41) is 30.6. The normalized spacial score (nSPS) is 15.4. The van der Waals surface area contributed by atoms with Crippen LogP contribution in [-0.4, -0.2) is 76.0 Å². The first-order valence-corrected chi connectivity index (χ1v) is 12.7. The van der Waals surface area contributed by atoms with Gasteiger partial charge in [-0.05, 0) is 70.9 Å². The van der Waals surface area contributed by atoms with Gasteiger partial charge in [-0.1, -0.05) is 6.07 Å². The first-order valence-electron chi connectivity index (χ1n) is 12.7. The van der Waals surface area contributed by atoms with Crippen LogP contribution in [0.15, 0.2) is 30.3 Å². The Balaban J connectivity index is 0.000000732. The fourth-order valence-electron chi connectivity index (χ4n) is 3.98. The molecule has 0 aliphatic carbocycles. The van der Waals surface area contributed by atoms with Crippen LogP contribution in [-0.2, 0) is 11.3 Å². The van der Waals surface area contributed by atoms with E-state index in [4.69, 9.17) is 15.1 Å². The minimum absolute atomic E-state index is 0.0787. The molecule has 0 bridgehead atoms. The van der Waals surface area contributed by atoms with Gasteiger partial charge in [0.25, 0.3) is 11.8 Å². The fourth-order valence-corrected chi connectivity index (χ4v) is 3.98. The predicted molar refractivity (Wildman–Crippen MR) is 144 cm³/mol. The van der Waals surface area contributed by atoms with E-state index >= 15 is 0 Å². The predicted octanol–water partition coefficient (Wildman–Crippen LogP) is 2.94. The zero-order valence-electron chi connectivity index (χ0n) is 22.7. The van der Waals surface area contributed by atoms with E-state index < -0.39 is 17.1 Å². The maximum absolute atomic E-state index is 13.0. The number of nitriles is 1. The zero-order chi connectivity index (χ0) is 28.1. The molecule has 3 N–H and O–H groups in total. The molecule has 0 unspecified atom stereocenters. The van der Waals surface area contributed by atoms with Crippen LogP contribution in [0.25, 0.3) is 0 Å². The van der Waals surface area contributed by atoms with Gasteiger partial charge in [0.15, 0.2) is 0 Å². The Hall–Kier alpha value is -3.52. The molecule has 2 aromatic rings. The van der Waals surface area contributed by atoms with Crippen molar-refractivity contribution >= 4 is 23.2 Å².